The summed E-state index contributed by atoms with van der Waals surface area (Å²) >= 11 is 8.90. The Hall–Kier alpha value is -0.580. The van der Waals surface area contributed by atoms with Gasteiger partial charge in [-0.25, -0.2) is 4.98 Å². The first-order chi connectivity index (χ1) is 7.81. The number of nitrogens with zero attached hydrogens (tertiary/aromatic N) is 1. The summed E-state index contributed by atoms with van der Waals surface area (Å²) in [6.45, 7) is 0. The molecule has 2 heterocycles. The average Bonchev–Trinajstić information content (AvgIpc) is 2.87. The predicted octanol–water partition coefficient (Wildman–Crippen LogP) is 4.02. The summed E-state index contributed by atoms with van der Waals surface area (Å²) in [5, 5.41) is 4.77. The number of alkyl halides is 1. The molecule has 2 aromatic heterocycles. The lowest BCUT2D eigenvalue weighted by atomic mass is 10.1. The first-order valence-corrected chi connectivity index (χ1v) is 7.44. The third-order valence-corrected chi connectivity index (χ3v) is 4.25. The molecule has 0 atom stereocenters. The van der Waals surface area contributed by atoms with Gasteiger partial charge >= 0.3 is 0 Å². The third kappa shape index (κ3) is 2.75. The number of aromatic nitrogens is 1. The maximum Gasteiger partial charge on any atom is 0.180 e. The van der Waals surface area contributed by atoms with Crippen LogP contribution in [0, 0.1) is 0 Å². The van der Waals surface area contributed by atoms with Crippen LogP contribution in [0.4, 0.5) is 5.13 Å². The first kappa shape index (κ1) is 11.9. The number of thiophene rings is 1. The number of rotatable bonds is 5. The summed E-state index contributed by atoms with van der Waals surface area (Å²) in [5.41, 5.74) is 8.02. The van der Waals surface area contributed by atoms with Crippen LogP contribution >= 0.6 is 34.3 Å². The van der Waals surface area contributed by atoms with E-state index in [0.29, 0.717) is 5.13 Å². The summed E-state index contributed by atoms with van der Waals surface area (Å²) < 4.78 is 0. The molecule has 86 valence electrons. The van der Waals surface area contributed by atoms with Crippen LogP contribution in [0.5, 0.6) is 0 Å². The molecule has 0 aliphatic heterocycles. The van der Waals surface area contributed by atoms with Crippen molar-refractivity contribution in [2.45, 2.75) is 19.3 Å². The zero-order valence-electron chi connectivity index (χ0n) is 8.78. The molecule has 16 heavy (non-hydrogen) atoms. The van der Waals surface area contributed by atoms with Gasteiger partial charge in [0.05, 0.1) is 10.6 Å². The Balaban J connectivity index is 2.12. The summed E-state index contributed by atoms with van der Waals surface area (Å²) in [5.74, 6) is 0.739. The predicted molar refractivity (Wildman–Crippen MR) is 73.5 cm³/mol. The number of aryl methyl sites for hydroxylation is 1. The minimum absolute atomic E-state index is 0.634. The highest BCUT2D eigenvalue weighted by atomic mass is 35.5. The van der Waals surface area contributed by atoms with Gasteiger partial charge in [-0.2, -0.15) is 0 Å². The highest BCUT2D eigenvalue weighted by molar-refractivity contribution is 7.15. The summed E-state index contributed by atoms with van der Waals surface area (Å²) in [6.07, 6.45) is 3.27. The van der Waals surface area contributed by atoms with E-state index in [-0.39, 0.29) is 0 Å². The molecule has 0 aliphatic rings. The Morgan fingerprint density at radius 3 is 2.88 bits per heavy atom. The van der Waals surface area contributed by atoms with E-state index in [1.54, 1.807) is 11.3 Å². The molecule has 0 radical (unpaired) electrons. The van der Waals surface area contributed by atoms with E-state index >= 15 is 0 Å². The molecular weight excluding hydrogens is 260 g/mol. The maximum absolute atomic E-state index is 5.68. The Morgan fingerprint density at radius 2 is 2.19 bits per heavy atom. The largest absolute Gasteiger partial charge is 0.375 e. The second kappa shape index (κ2) is 5.66. The normalized spacial score (nSPS) is 10.8. The number of nitrogen functional groups attached to an aromatic ring is 1. The number of hydrogen-bond acceptors (Lipinski definition) is 4. The minimum Gasteiger partial charge on any atom is -0.375 e. The van der Waals surface area contributed by atoms with Gasteiger partial charge in [0.2, 0.25) is 0 Å². The summed E-state index contributed by atoms with van der Waals surface area (Å²) in [6, 6.07) is 2.17. The zero-order valence-corrected chi connectivity index (χ0v) is 11.2. The van der Waals surface area contributed by atoms with Crippen LogP contribution in [0.25, 0.3) is 10.6 Å². The van der Waals surface area contributed by atoms with Crippen molar-refractivity contribution in [3.8, 4) is 10.6 Å². The van der Waals surface area contributed by atoms with Crippen molar-refractivity contribution in [3.05, 3.63) is 22.4 Å². The summed E-state index contributed by atoms with van der Waals surface area (Å²) in [7, 11) is 0. The van der Waals surface area contributed by atoms with E-state index in [4.69, 9.17) is 17.3 Å². The number of anilines is 1. The molecule has 5 heteroatoms. The van der Waals surface area contributed by atoms with Crippen molar-refractivity contribution >= 4 is 39.4 Å². The molecular formula is C11H13ClN2S2. The van der Waals surface area contributed by atoms with Gasteiger partial charge in [-0.3, -0.25) is 0 Å². The van der Waals surface area contributed by atoms with Crippen molar-refractivity contribution in [2.24, 2.45) is 0 Å². The molecule has 2 nitrogen and oxygen atoms in total. The topological polar surface area (TPSA) is 38.9 Å². The van der Waals surface area contributed by atoms with Gasteiger partial charge in [0.15, 0.2) is 5.13 Å². The first-order valence-electron chi connectivity index (χ1n) is 5.15. The fourth-order valence-electron chi connectivity index (χ4n) is 1.56. The second-order valence-corrected chi connectivity index (χ2v) is 5.68. The van der Waals surface area contributed by atoms with E-state index < -0.39 is 0 Å². The standard InChI is InChI=1S/C11H13ClN2S2/c12-5-2-1-3-8-4-6-15-10(8)9-7-16-11(13)14-9/h4,6-7H,1-3,5H2,(H2,13,14). The highest BCUT2D eigenvalue weighted by Gasteiger charge is 2.09. The maximum atomic E-state index is 5.68. The Kier molecular flexibility index (Phi) is 4.21. The Labute approximate surface area is 108 Å². The molecule has 0 saturated carbocycles. The van der Waals surface area contributed by atoms with Gasteiger partial charge in [0.25, 0.3) is 0 Å². The van der Waals surface area contributed by atoms with Crippen molar-refractivity contribution in [2.75, 3.05) is 11.6 Å². The van der Waals surface area contributed by atoms with E-state index in [1.807, 2.05) is 5.38 Å². The van der Waals surface area contributed by atoms with E-state index in [2.05, 4.69) is 16.4 Å². The van der Waals surface area contributed by atoms with Crippen molar-refractivity contribution in [1.29, 1.82) is 0 Å². The molecule has 2 aromatic rings. The molecule has 2 N–H and O–H groups in total. The van der Waals surface area contributed by atoms with Gasteiger partial charge in [-0.1, -0.05) is 0 Å². The lowest BCUT2D eigenvalue weighted by Gasteiger charge is -2.00. The van der Waals surface area contributed by atoms with Crippen LogP contribution < -0.4 is 5.73 Å². The lowest BCUT2D eigenvalue weighted by molar-refractivity contribution is 0.802. The third-order valence-electron chi connectivity index (χ3n) is 2.33. The molecule has 0 bridgehead atoms. The van der Waals surface area contributed by atoms with Gasteiger partial charge in [0, 0.05) is 11.3 Å². The smallest absolute Gasteiger partial charge is 0.180 e. The second-order valence-electron chi connectivity index (χ2n) is 3.49. The SMILES string of the molecule is Nc1nc(-c2sccc2CCCCCl)cs1. The molecule has 0 spiro atoms. The monoisotopic (exact) mass is 272 g/mol. The van der Waals surface area contributed by atoms with Crippen molar-refractivity contribution in [3.63, 3.8) is 0 Å². The number of nitrogens with two attached hydrogens (primary N) is 1. The molecule has 0 aliphatic carbocycles. The van der Waals surface area contributed by atoms with Crippen LogP contribution in [-0.2, 0) is 6.42 Å². The number of unbranched alkanes of at least 4 members (excludes halogenated alkanes) is 1. The quantitative estimate of drug-likeness (QED) is 0.660. The number of halogens is 1. The van der Waals surface area contributed by atoms with Crippen molar-refractivity contribution in [1.82, 2.24) is 4.98 Å². The van der Waals surface area contributed by atoms with Gasteiger partial charge in [-0.15, -0.1) is 34.3 Å². The molecule has 0 saturated heterocycles. The zero-order chi connectivity index (χ0) is 11.4. The van der Waals surface area contributed by atoms with E-state index in [0.717, 1.165) is 30.8 Å². The van der Waals surface area contributed by atoms with E-state index in [1.165, 1.54) is 21.8 Å². The van der Waals surface area contributed by atoms with Gasteiger partial charge < -0.3 is 5.73 Å². The van der Waals surface area contributed by atoms with Crippen LogP contribution in [0.2, 0.25) is 0 Å². The fourth-order valence-corrected chi connectivity index (χ4v) is 3.29. The molecule has 0 fully saturated rings. The highest BCUT2D eigenvalue weighted by Crippen LogP contribution is 2.32. The molecule has 0 amide bonds. The van der Waals surface area contributed by atoms with Gasteiger partial charge in [0.1, 0.15) is 0 Å². The Morgan fingerprint density at radius 1 is 1.31 bits per heavy atom. The van der Waals surface area contributed by atoms with Crippen molar-refractivity contribution < 1.29 is 0 Å². The van der Waals surface area contributed by atoms with Crippen LogP contribution in [-0.4, -0.2) is 10.9 Å². The molecule has 0 aromatic carbocycles. The Bertz CT molecular complexity index is 450. The molecule has 2 rings (SSSR count). The van der Waals surface area contributed by atoms with Crippen LogP contribution in [0.3, 0.4) is 0 Å². The lowest BCUT2D eigenvalue weighted by Crippen LogP contribution is -1.87. The fraction of sp³-hybridized carbons (Fsp3) is 0.364. The number of thiazole rings is 1. The minimum atomic E-state index is 0.634. The van der Waals surface area contributed by atoms with Gasteiger partial charge in [-0.05, 0) is 36.3 Å². The molecule has 0 unspecified atom stereocenters. The van der Waals surface area contributed by atoms with E-state index in [9.17, 15) is 0 Å². The number of hydrogen-bond donors (Lipinski definition) is 1. The summed E-state index contributed by atoms with van der Waals surface area (Å²) in [4.78, 5) is 5.58. The van der Waals surface area contributed by atoms with Crippen LogP contribution in [0.1, 0.15) is 18.4 Å². The average molecular weight is 273 g/mol. The van der Waals surface area contributed by atoms with Crippen LogP contribution in [0.15, 0.2) is 16.8 Å².